The first kappa shape index (κ1) is 22.3. The Morgan fingerprint density at radius 3 is 2.59 bits per heavy atom. The van der Waals surface area contributed by atoms with Gasteiger partial charge in [0.2, 0.25) is 6.41 Å². The molecule has 2 saturated heterocycles. The van der Waals surface area contributed by atoms with Crippen molar-refractivity contribution in [2.45, 2.75) is 38.3 Å². The van der Waals surface area contributed by atoms with Crippen LogP contribution in [0.3, 0.4) is 0 Å². The van der Waals surface area contributed by atoms with Crippen LogP contribution in [0.25, 0.3) is 0 Å². The van der Waals surface area contributed by atoms with Gasteiger partial charge in [-0.05, 0) is 49.1 Å². The van der Waals surface area contributed by atoms with Crippen molar-refractivity contribution < 1.29 is 14.3 Å². The van der Waals surface area contributed by atoms with Crippen LogP contribution < -0.4 is 4.74 Å². The summed E-state index contributed by atoms with van der Waals surface area (Å²) in [6.45, 7) is 5.70. The lowest BCUT2D eigenvalue weighted by atomic mass is 9.98. The van der Waals surface area contributed by atoms with E-state index in [0.717, 1.165) is 77.1 Å². The van der Waals surface area contributed by atoms with E-state index in [0.29, 0.717) is 12.2 Å². The van der Waals surface area contributed by atoms with Gasteiger partial charge in [0.15, 0.2) is 0 Å². The molecule has 170 valence electrons. The number of likely N-dealkylation sites (tertiary alicyclic amines) is 1. The van der Waals surface area contributed by atoms with Crippen molar-refractivity contribution in [1.82, 2.24) is 19.7 Å². The van der Waals surface area contributed by atoms with Gasteiger partial charge in [0.25, 0.3) is 5.91 Å². The Morgan fingerprint density at radius 1 is 1.06 bits per heavy atom. The van der Waals surface area contributed by atoms with Crippen molar-refractivity contribution in [2.24, 2.45) is 0 Å². The Balaban J connectivity index is 1.24. The van der Waals surface area contributed by atoms with Crippen molar-refractivity contribution in [3.05, 3.63) is 59.9 Å². The van der Waals surface area contributed by atoms with E-state index in [1.54, 1.807) is 12.4 Å². The number of pyridine rings is 1. The zero-order valence-corrected chi connectivity index (χ0v) is 18.6. The second-order valence-electron chi connectivity index (χ2n) is 8.59. The summed E-state index contributed by atoms with van der Waals surface area (Å²) in [5.41, 5.74) is 1.90. The van der Waals surface area contributed by atoms with E-state index in [1.165, 1.54) is 5.56 Å². The number of hydrogen-bond donors (Lipinski definition) is 0. The van der Waals surface area contributed by atoms with Gasteiger partial charge >= 0.3 is 0 Å². The average molecular weight is 437 g/mol. The van der Waals surface area contributed by atoms with Crippen LogP contribution in [0.4, 0.5) is 0 Å². The van der Waals surface area contributed by atoms with Crippen molar-refractivity contribution in [1.29, 1.82) is 0 Å². The summed E-state index contributed by atoms with van der Waals surface area (Å²) in [5.74, 6) is 0.932. The molecule has 2 aliphatic heterocycles. The molecule has 0 spiro atoms. The number of nitrogens with zero attached hydrogens (tertiary/aromatic N) is 4. The van der Waals surface area contributed by atoms with Crippen molar-refractivity contribution in [3.8, 4) is 5.75 Å². The predicted molar refractivity (Wildman–Crippen MR) is 122 cm³/mol. The zero-order valence-electron chi connectivity index (χ0n) is 18.6. The van der Waals surface area contributed by atoms with E-state index < -0.39 is 0 Å². The normalized spacial score (nSPS) is 19.6. The van der Waals surface area contributed by atoms with E-state index in [4.69, 9.17) is 4.74 Å². The molecule has 2 fully saturated rings. The van der Waals surface area contributed by atoms with E-state index in [1.807, 2.05) is 34.1 Å². The van der Waals surface area contributed by atoms with Crippen LogP contribution >= 0.6 is 0 Å². The fourth-order valence-corrected chi connectivity index (χ4v) is 4.51. The second-order valence-corrected chi connectivity index (χ2v) is 8.59. The van der Waals surface area contributed by atoms with Gasteiger partial charge in [0, 0.05) is 64.1 Å². The predicted octanol–water partition coefficient (Wildman–Crippen LogP) is 2.82. The van der Waals surface area contributed by atoms with Crippen molar-refractivity contribution in [2.75, 3.05) is 39.3 Å². The minimum atomic E-state index is 0.0705. The molecule has 0 radical (unpaired) electrons. The molecule has 2 aromatic rings. The number of aromatic nitrogens is 1. The van der Waals surface area contributed by atoms with Gasteiger partial charge in [-0.3, -0.25) is 19.5 Å². The summed E-state index contributed by atoms with van der Waals surface area (Å²) >= 11 is 0. The Morgan fingerprint density at radius 2 is 1.88 bits per heavy atom. The maximum absolute atomic E-state index is 12.9. The minimum Gasteiger partial charge on any atom is -0.494 e. The number of rotatable bonds is 8. The summed E-state index contributed by atoms with van der Waals surface area (Å²) in [6, 6.07) is 12.1. The van der Waals surface area contributed by atoms with E-state index in [-0.39, 0.29) is 11.9 Å². The fraction of sp³-hybridized carbons (Fsp3) is 0.480. The van der Waals surface area contributed by atoms with Gasteiger partial charge in [0.05, 0.1) is 12.2 Å². The highest BCUT2D eigenvalue weighted by Crippen LogP contribution is 2.23. The zero-order chi connectivity index (χ0) is 22.2. The molecule has 2 amide bonds. The van der Waals surface area contributed by atoms with Crippen LogP contribution in [0.1, 0.15) is 41.6 Å². The van der Waals surface area contributed by atoms with Crippen molar-refractivity contribution in [3.63, 3.8) is 0 Å². The molecule has 7 nitrogen and oxygen atoms in total. The van der Waals surface area contributed by atoms with Gasteiger partial charge in [-0.2, -0.15) is 0 Å². The molecule has 1 atom stereocenters. The average Bonchev–Trinajstić information content (AvgIpc) is 2.86. The molecular formula is C25H32N4O3. The Labute approximate surface area is 190 Å². The molecule has 1 unspecified atom stereocenters. The van der Waals surface area contributed by atoms with E-state index in [2.05, 4.69) is 22.0 Å². The molecule has 1 aromatic carbocycles. The molecule has 0 bridgehead atoms. The molecule has 3 heterocycles. The third kappa shape index (κ3) is 5.85. The maximum Gasteiger partial charge on any atom is 0.255 e. The molecule has 4 rings (SSSR count). The summed E-state index contributed by atoms with van der Waals surface area (Å²) < 4.78 is 6.01. The number of carbonyl (C=O) groups excluding carboxylic acids is 2. The van der Waals surface area contributed by atoms with Crippen LogP contribution in [0.5, 0.6) is 5.75 Å². The van der Waals surface area contributed by atoms with Crippen LogP contribution in [-0.4, -0.2) is 77.4 Å². The molecule has 7 heteroatoms. The molecular weight excluding hydrogens is 404 g/mol. The first-order valence-electron chi connectivity index (χ1n) is 11.6. The number of amides is 2. The van der Waals surface area contributed by atoms with Crippen LogP contribution in [-0.2, 0) is 11.3 Å². The maximum atomic E-state index is 12.9. The standard InChI is InChI=1S/C25H32N4O3/c30-20-28-15-13-27(14-16-28)19-21-6-8-24(9-7-21)32-17-10-23-5-1-2-12-29(23)25(31)22-4-3-11-26-18-22/h3-4,6-9,11,18,20,23H,1-2,5,10,12-17,19H2. The summed E-state index contributed by atoms with van der Waals surface area (Å²) in [5, 5.41) is 0. The fourth-order valence-electron chi connectivity index (χ4n) is 4.51. The number of hydrogen-bond acceptors (Lipinski definition) is 5. The van der Waals surface area contributed by atoms with Gasteiger partial charge < -0.3 is 14.5 Å². The van der Waals surface area contributed by atoms with Crippen molar-refractivity contribution >= 4 is 12.3 Å². The number of piperidine rings is 1. The largest absolute Gasteiger partial charge is 0.494 e. The molecule has 0 aliphatic carbocycles. The quantitative estimate of drug-likeness (QED) is 0.596. The summed E-state index contributed by atoms with van der Waals surface area (Å²) in [6.07, 6.45) is 8.32. The van der Waals surface area contributed by atoms with Crippen LogP contribution in [0.15, 0.2) is 48.8 Å². The highest BCUT2D eigenvalue weighted by Gasteiger charge is 2.27. The third-order valence-corrected chi connectivity index (χ3v) is 6.40. The molecule has 0 N–H and O–H groups in total. The Bertz CT molecular complexity index is 867. The van der Waals surface area contributed by atoms with E-state index >= 15 is 0 Å². The number of piperazine rings is 1. The van der Waals surface area contributed by atoms with Crippen LogP contribution in [0, 0.1) is 0 Å². The van der Waals surface area contributed by atoms with Gasteiger partial charge in [-0.15, -0.1) is 0 Å². The van der Waals surface area contributed by atoms with Crippen LogP contribution in [0.2, 0.25) is 0 Å². The van der Waals surface area contributed by atoms with Gasteiger partial charge in [-0.25, -0.2) is 0 Å². The smallest absolute Gasteiger partial charge is 0.255 e. The number of carbonyl (C=O) groups is 2. The van der Waals surface area contributed by atoms with E-state index in [9.17, 15) is 9.59 Å². The molecule has 1 aromatic heterocycles. The lowest BCUT2D eigenvalue weighted by Crippen LogP contribution is -2.45. The molecule has 0 saturated carbocycles. The monoisotopic (exact) mass is 436 g/mol. The first-order valence-corrected chi connectivity index (χ1v) is 11.6. The minimum absolute atomic E-state index is 0.0705. The lowest BCUT2D eigenvalue weighted by molar-refractivity contribution is -0.119. The van der Waals surface area contributed by atoms with Gasteiger partial charge in [0.1, 0.15) is 5.75 Å². The molecule has 2 aliphatic rings. The van der Waals surface area contributed by atoms with Gasteiger partial charge in [-0.1, -0.05) is 12.1 Å². The lowest BCUT2D eigenvalue weighted by Gasteiger charge is -2.35. The summed E-state index contributed by atoms with van der Waals surface area (Å²) in [4.78, 5) is 34.0. The highest BCUT2D eigenvalue weighted by molar-refractivity contribution is 5.94. The number of benzene rings is 1. The first-order chi connectivity index (χ1) is 15.7. The number of ether oxygens (including phenoxy) is 1. The summed E-state index contributed by atoms with van der Waals surface area (Å²) in [7, 11) is 0. The Hall–Kier alpha value is -2.93. The SMILES string of the molecule is O=CN1CCN(Cc2ccc(OCCC3CCCCN3C(=O)c3cccnc3)cc2)CC1. The Kier molecular flexibility index (Phi) is 7.72. The third-order valence-electron chi connectivity index (χ3n) is 6.40. The highest BCUT2D eigenvalue weighted by atomic mass is 16.5. The topological polar surface area (TPSA) is 66.0 Å². The second kappa shape index (κ2) is 11.1. The molecule has 32 heavy (non-hydrogen) atoms.